The fourth-order valence-electron chi connectivity index (χ4n) is 3.00. The van der Waals surface area contributed by atoms with Gasteiger partial charge in [0.2, 0.25) is 0 Å². The predicted octanol–water partition coefficient (Wildman–Crippen LogP) is 3.19. The van der Waals surface area contributed by atoms with Crippen molar-refractivity contribution in [3.05, 3.63) is 74.9 Å². The minimum atomic E-state index is -0.442. The number of aromatic nitrogens is 2. The number of amides is 1. The number of carbonyl (C=O) groups excluding carboxylic acids is 2. The van der Waals surface area contributed by atoms with Crippen LogP contribution in [-0.4, -0.2) is 43.1 Å². The van der Waals surface area contributed by atoms with E-state index in [1.807, 2.05) is 18.2 Å². The van der Waals surface area contributed by atoms with Crippen molar-refractivity contribution >= 4 is 26.4 Å². The third-order valence-electron chi connectivity index (χ3n) is 4.45. The zero-order valence-corrected chi connectivity index (χ0v) is 18.7. The first-order chi connectivity index (χ1) is 14.6. The van der Waals surface area contributed by atoms with E-state index >= 15 is 0 Å². The monoisotopic (exact) mass is 471 g/mol. The van der Waals surface area contributed by atoms with Crippen LogP contribution < -0.4 is 10.1 Å². The summed E-state index contributed by atoms with van der Waals surface area (Å²) in [6.45, 7) is 1.90. The van der Waals surface area contributed by atoms with Gasteiger partial charge in [-0.2, -0.15) is 0 Å². The Bertz CT molecular complexity index is 973. The molecule has 6 nitrogen and oxygen atoms in total. The van der Waals surface area contributed by atoms with Crippen molar-refractivity contribution in [2.45, 2.75) is 39.0 Å². The van der Waals surface area contributed by atoms with Crippen LogP contribution >= 0.6 is 0 Å². The van der Waals surface area contributed by atoms with Crippen LogP contribution in [0.25, 0.3) is 0 Å². The Morgan fingerprint density at radius 3 is 2.47 bits per heavy atom. The van der Waals surface area contributed by atoms with Crippen molar-refractivity contribution in [3.8, 4) is 5.75 Å². The summed E-state index contributed by atoms with van der Waals surface area (Å²) in [7, 11) is 0. The van der Waals surface area contributed by atoms with Gasteiger partial charge in [0.1, 0.15) is 0 Å². The first-order valence-electron chi connectivity index (χ1n) is 10.0. The molecule has 0 spiro atoms. The van der Waals surface area contributed by atoms with Gasteiger partial charge in [-0.15, -0.1) is 0 Å². The molecule has 0 bridgehead atoms. The number of aryl methyl sites for hydroxylation is 1. The second-order valence-corrected chi connectivity index (χ2v) is 9.31. The summed E-state index contributed by atoms with van der Waals surface area (Å²) in [5.41, 5.74) is 1.65. The molecule has 0 unspecified atom stereocenters. The topological polar surface area (TPSA) is 81.2 Å². The van der Waals surface area contributed by atoms with Gasteiger partial charge < -0.3 is 0 Å². The molecule has 0 aliphatic rings. The molecule has 156 valence electrons. The number of carbonyl (C=O) groups is 2. The third kappa shape index (κ3) is 6.94. The van der Waals surface area contributed by atoms with Crippen LogP contribution in [0.4, 0.5) is 0 Å². The molecule has 0 atom stereocenters. The van der Waals surface area contributed by atoms with Gasteiger partial charge in [0.25, 0.3) is 0 Å². The standard InChI is InChI=1S/C23H25N3O3Se/c1-17(27)29-20-13-8-7-12-19(20)23(28)24-15-9-3-6-14-21-25-26-22(30-21)16-18-10-4-2-5-11-18/h2,4-5,7-8,10-13H,3,6,9,14-16H2,1H3,(H,24,28). The minimum absolute atomic E-state index is 0.227. The Labute approximate surface area is 182 Å². The molecule has 0 aliphatic heterocycles. The van der Waals surface area contributed by atoms with Crippen molar-refractivity contribution in [3.63, 3.8) is 0 Å². The van der Waals surface area contributed by atoms with E-state index in [0.29, 0.717) is 12.1 Å². The van der Waals surface area contributed by atoms with E-state index in [1.165, 1.54) is 21.6 Å². The van der Waals surface area contributed by atoms with Gasteiger partial charge in [0, 0.05) is 6.92 Å². The molecular weight excluding hydrogens is 445 g/mol. The van der Waals surface area contributed by atoms with Gasteiger partial charge in [-0.25, -0.2) is 0 Å². The zero-order chi connectivity index (χ0) is 21.2. The third-order valence-corrected chi connectivity index (χ3v) is 6.51. The maximum atomic E-state index is 12.3. The van der Waals surface area contributed by atoms with E-state index in [1.54, 1.807) is 24.3 Å². The van der Waals surface area contributed by atoms with E-state index in [2.05, 4.69) is 27.6 Å². The number of esters is 1. The van der Waals surface area contributed by atoms with Crippen LogP contribution in [0.2, 0.25) is 0 Å². The molecule has 1 aromatic heterocycles. The summed E-state index contributed by atoms with van der Waals surface area (Å²) < 4.78 is 7.48. The first-order valence-corrected chi connectivity index (χ1v) is 11.7. The molecule has 0 aliphatic carbocycles. The number of unbranched alkanes of at least 4 members (excludes halogenated alkanes) is 2. The van der Waals surface area contributed by atoms with Crippen LogP contribution in [0, 0.1) is 0 Å². The summed E-state index contributed by atoms with van der Waals surface area (Å²) in [6.07, 6.45) is 4.78. The van der Waals surface area contributed by atoms with Crippen LogP contribution in [0.1, 0.15) is 51.2 Å². The molecule has 1 N–H and O–H groups in total. The molecule has 3 aromatic rings. The van der Waals surface area contributed by atoms with E-state index in [4.69, 9.17) is 4.74 Å². The Balaban J connectivity index is 1.35. The fourth-order valence-corrected chi connectivity index (χ4v) is 4.94. The summed E-state index contributed by atoms with van der Waals surface area (Å²) in [5.74, 6) is -0.382. The summed E-state index contributed by atoms with van der Waals surface area (Å²) in [4.78, 5) is 23.5. The number of para-hydroxylation sites is 1. The van der Waals surface area contributed by atoms with Crippen molar-refractivity contribution in [2.75, 3.05) is 6.54 Å². The Morgan fingerprint density at radius 2 is 1.67 bits per heavy atom. The van der Waals surface area contributed by atoms with Gasteiger partial charge in [-0.1, -0.05) is 0 Å². The average molecular weight is 470 g/mol. The van der Waals surface area contributed by atoms with Crippen molar-refractivity contribution < 1.29 is 14.3 Å². The Kier molecular flexibility index (Phi) is 8.36. The van der Waals surface area contributed by atoms with E-state index < -0.39 is 5.97 Å². The first kappa shape index (κ1) is 21.9. The molecule has 0 radical (unpaired) electrons. The van der Waals surface area contributed by atoms with Crippen LogP contribution in [0.15, 0.2) is 54.6 Å². The molecule has 7 heteroatoms. The molecule has 0 saturated heterocycles. The SMILES string of the molecule is CC(=O)Oc1ccccc1C(=O)NCCCCCc1nnc(Cc2ccccc2)[se]1. The van der Waals surface area contributed by atoms with Crippen LogP contribution in [0.3, 0.4) is 0 Å². The molecule has 3 rings (SSSR count). The van der Waals surface area contributed by atoms with E-state index in [-0.39, 0.29) is 26.2 Å². The number of nitrogens with one attached hydrogen (secondary N) is 1. The number of nitrogens with zero attached hydrogens (tertiary/aromatic N) is 2. The zero-order valence-electron chi connectivity index (χ0n) is 17.0. The fraction of sp³-hybridized carbons (Fsp3) is 0.304. The van der Waals surface area contributed by atoms with Crippen molar-refractivity contribution in [1.29, 1.82) is 0 Å². The molecule has 0 saturated carbocycles. The number of hydrogen-bond donors (Lipinski definition) is 1. The van der Waals surface area contributed by atoms with Crippen molar-refractivity contribution in [1.82, 2.24) is 15.5 Å². The summed E-state index contributed by atoms with van der Waals surface area (Å²) in [6, 6.07) is 17.1. The normalized spacial score (nSPS) is 10.6. The Morgan fingerprint density at radius 1 is 0.933 bits per heavy atom. The molecule has 2 aromatic carbocycles. The second kappa shape index (κ2) is 11.4. The molecular formula is C23H25N3O3Se. The molecule has 1 amide bonds. The van der Waals surface area contributed by atoms with Crippen LogP contribution in [0.5, 0.6) is 5.75 Å². The van der Waals surface area contributed by atoms with Gasteiger partial charge in [0.05, 0.1) is 0 Å². The number of hydrogen-bond acceptors (Lipinski definition) is 5. The molecule has 30 heavy (non-hydrogen) atoms. The van der Waals surface area contributed by atoms with Gasteiger partial charge in [0.15, 0.2) is 0 Å². The number of benzene rings is 2. The summed E-state index contributed by atoms with van der Waals surface area (Å²) in [5, 5.41) is 11.6. The van der Waals surface area contributed by atoms with Crippen LogP contribution in [-0.2, 0) is 17.6 Å². The van der Waals surface area contributed by atoms with Gasteiger partial charge in [-0.3, -0.25) is 4.79 Å². The van der Waals surface area contributed by atoms with Gasteiger partial charge >= 0.3 is 171 Å². The molecule has 1 heterocycles. The quantitative estimate of drug-likeness (QED) is 0.213. The average Bonchev–Trinajstić information content (AvgIpc) is 3.18. The molecule has 0 fully saturated rings. The van der Waals surface area contributed by atoms with E-state index in [0.717, 1.165) is 32.1 Å². The number of ether oxygens (including phenoxy) is 1. The second-order valence-electron chi connectivity index (χ2n) is 6.91. The summed E-state index contributed by atoms with van der Waals surface area (Å²) >= 11 is 0.254. The van der Waals surface area contributed by atoms with Crippen molar-refractivity contribution in [2.24, 2.45) is 0 Å². The Hall–Kier alpha value is -2.76. The van der Waals surface area contributed by atoms with E-state index in [9.17, 15) is 9.59 Å². The van der Waals surface area contributed by atoms with Gasteiger partial charge in [-0.05, 0) is 0 Å². The number of rotatable bonds is 10. The maximum absolute atomic E-state index is 12.3. The predicted molar refractivity (Wildman–Crippen MR) is 116 cm³/mol.